The van der Waals surface area contributed by atoms with E-state index in [4.69, 9.17) is 10.7 Å². The molecule has 0 aliphatic heterocycles. The number of pyridine rings is 1. The lowest BCUT2D eigenvalue weighted by atomic mass is 10.1. The number of aromatic amines is 1. The molecule has 0 atom stereocenters. The highest BCUT2D eigenvalue weighted by molar-refractivity contribution is 9.10. The molecule has 2 heterocycles. The van der Waals surface area contributed by atoms with Crippen LogP contribution in [0.4, 0.5) is 0 Å². The summed E-state index contributed by atoms with van der Waals surface area (Å²) in [5, 5.41) is 4.90. The van der Waals surface area contributed by atoms with Gasteiger partial charge in [-0.3, -0.25) is 4.79 Å². The van der Waals surface area contributed by atoms with Crippen molar-refractivity contribution in [3.8, 4) is 11.3 Å². The fraction of sp³-hybridized carbons (Fsp3) is 0.0769. The molecule has 5 nitrogen and oxygen atoms in total. The molecule has 4 N–H and O–H groups in total. The van der Waals surface area contributed by atoms with Gasteiger partial charge >= 0.3 is 0 Å². The van der Waals surface area contributed by atoms with E-state index in [9.17, 15) is 4.79 Å². The highest BCUT2D eigenvalue weighted by Crippen LogP contribution is 2.31. The summed E-state index contributed by atoms with van der Waals surface area (Å²) in [4.78, 5) is 18.1. The van der Waals surface area contributed by atoms with Crippen LogP contribution in [0.25, 0.3) is 33.1 Å². The highest BCUT2D eigenvalue weighted by Gasteiger charge is 2.08. The van der Waals surface area contributed by atoms with E-state index in [0.29, 0.717) is 19.5 Å². The van der Waals surface area contributed by atoms with Crippen molar-refractivity contribution in [2.24, 2.45) is 5.73 Å². The lowest BCUT2D eigenvalue weighted by molar-refractivity contribution is -0.109. The van der Waals surface area contributed by atoms with Gasteiger partial charge in [-0.2, -0.15) is 0 Å². The molecule has 5 rings (SSSR count). The van der Waals surface area contributed by atoms with Gasteiger partial charge in [0.2, 0.25) is 6.41 Å². The van der Waals surface area contributed by atoms with Crippen LogP contribution in [0.5, 0.6) is 0 Å². The minimum Gasteiger partial charge on any atom is -0.360 e. The molecule has 5 aromatic rings. The first kappa shape index (κ1) is 23.2. The first-order valence-electron chi connectivity index (χ1n) is 10.4. The Labute approximate surface area is 208 Å². The van der Waals surface area contributed by atoms with E-state index in [2.05, 4.69) is 72.5 Å². The van der Waals surface area contributed by atoms with Gasteiger partial charge < -0.3 is 16.0 Å². The number of nitrogens with two attached hydrogens (primary N) is 1. The molecular formula is C26H22Br2N4O. The number of H-pyrrole nitrogens is 1. The number of benzene rings is 3. The van der Waals surface area contributed by atoms with Crippen LogP contribution < -0.4 is 11.1 Å². The molecule has 7 heteroatoms. The summed E-state index contributed by atoms with van der Waals surface area (Å²) < 4.78 is 2.11. The Morgan fingerprint density at radius 3 is 2.36 bits per heavy atom. The van der Waals surface area contributed by atoms with Crippen molar-refractivity contribution in [1.29, 1.82) is 0 Å². The third kappa shape index (κ3) is 5.68. The molecule has 0 spiro atoms. The summed E-state index contributed by atoms with van der Waals surface area (Å²) in [6.45, 7) is 1.13. The van der Waals surface area contributed by atoms with Gasteiger partial charge in [0.15, 0.2) is 0 Å². The van der Waals surface area contributed by atoms with E-state index < -0.39 is 0 Å². The van der Waals surface area contributed by atoms with Gasteiger partial charge in [-0.05, 0) is 47.5 Å². The average molecular weight is 566 g/mol. The number of amides is 1. The van der Waals surface area contributed by atoms with E-state index in [1.54, 1.807) is 0 Å². The SMILES string of the molecule is Brc1ccc2ccc(-c3c[nH]c4ccc(Br)cc34)nc2c1.NCc1ccc(CNC=O)cc1. The Morgan fingerprint density at radius 1 is 0.909 bits per heavy atom. The topological polar surface area (TPSA) is 83.8 Å². The van der Waals surface area contributed by atoms with Crippen LogP contribution in [0, 0.1) is 0 Å². The van der Waals surface area contributed by atoms with Gasteiger partial charge in [-0.25, -0.2) is 4.98 Å². The fourth-order valence-electron chi connectivity index (χ4n) is 3.50. The van der Waals surface area contributed by atoms with Gasteiger partial charge in [0.05, 0.1) is 11.2 Å². The average Bonchev–Trinajstić information content (AvgIpc) is 3.26. The predicted octanol–water partition coefficient (Wildman–Crippen LogP) is 6.30. The molecule has 0 saturated heterocycles. The molecule has 2 aromatic heterocycles. The molecule has 0 fully saturated rings. The number of carbonyl (C=O) groups excluding carboxylic acids is 1. The maximum Gasteiger partial charge on any atom is 0.207 e. The summed E-state index contributed by atoms with van der Waals surface area (Å²) in [7, 11) is 0. The number of nitrogens with zero attached hydrogens (tertiary/aromatic N) is 1. The van der Waals surface area contributed by atoms with E-state index in [1.807, 2.05) is 48.7 Å². The highest BCUT2D eigenvalue weighted by atomic mass is 79.9. The fourth-order valence-corrected chi connectivity index (χ4v) is 4.21. The number of aromatic nitrogens is 2. The Kier molecular flexibility index (Phi) is 7.54. The third-order valence-corrected chi connectivity index (χ3v) is 6.21. The predicted molar refractivity (Wildman–Crippen MR) is 142 cm³/mol. The van der Waals surface area contributed by atoms with Crippen LogP contribution in [0.15, 0.2) is 87.9 Å². The lowest BCUT2D eigenvalue weighted by Crippen LogP contribution is -2.09. The van der Waals surface area contributed by atoms with Crippen LogP contribution in [0.3, 0.4) is 0 Å². The zero-order chi connectivity index (χ0) is 23.2. The van der Waals surface area contributed by atoms with Crippen molar-refractivity contribution in [2.75, 3.05) is 0 Å². The van der Waals surface area contributed by atoms with Gasteiger partial charge in [-0.15, -0.1) is 0 Å². The van der Waals surface area contributed by atoms with Crippen molar-refractivity contribution in [3.05, 3.63) is 99.1 Å². The monoisotopic (exact) mass is 564 g/mol. The van der Waals surface area contributed by atoms with Crippen molar-refractivity contribution >= 4 is 60.1 Å². The Morgan fingerprint density at radius 2 is 1.61 bits per heavy atom. The van der Waals surface area contributed by atoms with E-state index in [0.717, 1.165) is 47.7 Å². The van der Waals surface area contributed by atoms with Crippen LogP contribution in [-0.4, -0.2) is 16.4 Å². The standard InChI is InChI=1S/C17H10Br2N2.C9H12N2O/c18-11-4-6-15-13(7-11)14(9-20-15)16-5-2-10-1-3-12(19)8-17(10)21-16;10-5-8-1-3-9(4-2-8)6-11-7-12/h1-9,20H;1-4,7H,5-6,10H2,(H,11,12). The summed E-state index contributed by atoms with van der Waals surface area (Å²) in [5.74, 6) is 0. The molecule has 3 aromatic carbocycles. The molecule has 0 bridgehead atoms. The van der Waals surface area contributed by atoms with Gasteiger partial charge in [0.1, 0.15) is 0 Å². The molecule has 1 amide bonds. The smallest absolute Gasteiger partial charge is 0.207 e. The zero-order valence-corrected chi connectivity index (χ0v) is 20.9. The van der Waals surface area contributed by atoms with Crippen LogP contribution in [0.2, 0.25) is 0 Å². The largest absolute Gasteiger partial charge is 0.360 e. The Hall–Kier alpha value is -3.00. The molecule has 0 aliphatic carbocycles. The van der Waals surface area contributed by atoms with Crippen molar-refractivity contribution < 1.29 is 4.79 Å². The number of rotatable bonds is 5. The van der Waals surface area contributed by atoms with Crippen molar-refractivity contribution in [1.82, 2.24) is 15.3 Å². The minimum atomic E-state index is 0.557. The van der Waals surface area contributed by atoms with Gasteiger partial charge in [-0.1, -0.05) is 68.3 Å². The quantitative estimate of drug-likeness (QED) is 0.219. The maximum atomic E-state index is 9.97. The zero-order valence-electron chi connectivity index (χ0n) is 17.7. The number of carbonyl (C=O) groups is 1. The number of fused-ring (bicyclic) bond motifs is 2. The first-order chi connectivity index (χ1) is 16.1. The Balaban J connectivity index is 0.000000185. The normalized spacial score (nSPS) is 10.6. The number of hydrogen-bond donors (Lipinski definition) is 3. The molecular weight excluding hydrogens is 544 g/mol. The van der Waals surface area contributed by atoms with Crippen molar-refractivity contribution in [2.45, 2.75) is 13.1 Å². The summed E-state index contributed by atoms with van der Waals surface area (Å²) in [5.41, 5.74) is 11.8. The Bertz CT molecular complexity index is 1400. The van der Waals surface area contributed by atoms with Gasteiger partial charge in [0, 0.05) is 50.1 Å². The van der Waals surface area contributed by atoms with Crippen molar-refractivity contribution in [3.63, 3.8) is 0 Å². The maximum absolute atomic E-state index is 9.97. The number of hydrogen-bond acceptors (Lipinski definition) is 3. The van der Waals surface area contributed by atoms with Crippen LogP contribution in [0.1, 0.15) is 11.1 Å². The van der Waals surface area contributed by atoms with E-state index >= 15 is 0 Å². The second kappa shape index (κ2) is 10.7. The van der Waals surface area contributed by atoms with Gasteiger partial charge in [0.25, 0.3) is 0 Å². The van der Waals surface area contributed by atoms with E-state index in [-0.39, 0.29) is 0 Å². The molecule has 0 unspecified atom stereocenters. The number of halogens is 2. The summed E-state index contributed by atoms with van der Waals surface area (Å²) >= 11 is 7.04. The lowest BCUT2D eigenvalue weighted by Gasteiger charge is -2.03. The molecule has 33 heavy (non-hydrogen) atoms. The molecule has 166 valence electrons. The minimum absolute atomic E-state index is 0.557. The number of nitrogens with one attached hydrogen (secondary N) is 2. The first-order valence-corrected chi connectivity index (χ1v) is 11.9. The summed E-state index contributed by atoms with van der Waals surface area (Å²) in [6.07, 6.45) is 2.71. The van der Waals surface area contributed by atoms with Crippen LogP contribution >= 0.6 is 31.9 Å². The summed E-state index contributed by atoms with van der Waals surface area (Å²) in [6, 6.07) is 24.4. The third-order valence-electron chi connectivity index (χ3n) is 5.22. The molecule has 0 aliphatic rings. The van der Waals surface area contributed by atoms with E-state index in [1.165, 1.54) is 5.39 Å². The second-order valence-corrected chi connectivity index (χ2v) is 9.28. The molecule has 0 radical (unpaired) electrons. The molecule has 0 saturated carbocycles. The second-order valence-electron chi connectivity index (χ2n) is 7.45. The van der Waals surface area contributed by atoms with Crippen LogP contribution in [-0.2, 0) is 17.9 Å².